The highest BCUT2D eigenvalue weighted by molar-refractivity contribution is 5.66. The number of hydrogen-bond donors (Lipinski definition) is 1. The molecule has 0 spiro atoms. The molecule has 0 saturated heterocycles. The number of ether oxygens (including phenoxy) is 3. The molecule has 3 rings (SSSR count). The summed E-state index contributed by atoms with van der Waals surface area (Å²) in [6, 6.07) is 5.10. The van der Waals surface area contributed by atoms with E-state index < -0.39 is 0 Å². The zero-order valence-electron chi connectivity index (χ0n) is 15.2. The Morgan fingerprint density at radius 3 is 2.38 bits per heavy atom. The Bertz CT molecular complexity index is 936. The summed E-state index contributed by atoms with van der Waals surface area (Å²) in [6.45, 7) is 4.25. The molecule has 0 unspecified atom stereocenters. The highest BCUT2D eigenvalue weighted by Gasteiger charge is 2.16. The summed E-state index contributed by atoms with van der Waals surface area (Å²) < 4.78 is 18.0. The van der Waals surface area contributed by atoms with Gasteiger partial charge in [-0.05, 0) is 19.4 Å². The first-order valence-corrected chi connectivity index (χ1v) is 8.20. The van der Waals surface area contributed by atoms with Gasteiger partial charge in [0.05, 0.1) is 32.7 Å². The summed E-state index contributed by atoms with van der Waals surface area (Å²) in [6.07, 6.45) is 5.30. The summed E-state index contributed by atoms with van der Waals surface area (Å²) in [4.78, 5) is 12.6. The molecule has 0 radical (unpaired) electrons. The van der Waals surface area contributed by atoms with Crippen molar-refractivity contribution < 1.29 is 14.2 Å². The average Bonchev–Trinajstić information content (AvgIpc) is 3.16. The Kier molecular flexibility index (Phi) is 4.97. The van der Waals surface area contributed by atoms with Gasteiger partial charge in [0.1, 0.15) is 0 Å². The van der Waals surface area contributed by atoms with Crippen LogP contribution in [0.15, 0.2) is 41.6 Å². The van der Waals surface area contributed by atoms with Gasteiger partial charge < -0.3 is 14.2 Å². The van der Waals surface area contributed by atoms with E-state index in [0.717, 1.165) is 16.7 Å². The van der Waals surface area contributed by atoms with Crippen molar-refractivity contribution in [2.75, 3.05) is 20.8 Å². The van der Waals surface area contributed by atoms with E-state index in [1.54, 1.807) is 55.6 Å². The molecule has 0 aliphatic rings. The first kappa shape index (κ1) is 17.6. The van der Waals surface area contributed by atoms with E-state index in [1.807, 2.05) is 13.8 Å². The van der Waals surface area contributed by atoms with Gasteiger partial charge in [-0.2, -0.15) is 5.10 Å². The smallest absolute Gasteiger partial charge is 0.255 e. The number of rotatable bonds is 6. The minimum atomic E-state index is -0.150. The van der Waals surface area contributed by atoms with Gasteiger partial charge in [-0.15, -0.1) is 0 Å². The fourth-order valence-corrected chi connectivity index (χ4v) is 2.82. The zero-order chi connectivity index (χ0) is 18.7. The monoisotopic (exact) mass is 355 g/mol. The molecule has 0 saturated carbocycles. The second-order valence-electron chi connectivity index (χ2n) is 5.68. The molecular formula is C19H21N3O4. The molecule has 7 nitrogen and oxygen atoms in total. The molecule has 0 aliphatic heterocycles. The van der Waals surface area contributed by atoms with Crippen molar-refractivity contribution in [2.24, 2.45) is 0 Å². The minimum absolute atomic E-state index is 0.150. The molecule has 0 aliphatic carbocycles. The van der Waals surface area contributed by atoms with Crippen molar-refractivity contribution >= 4 is 0 Å². The van der Waals surface area contributed by atoms with Crippen molar-refractivity contribution in [2.45, 2.75) is 13.8 Å². The largest absolute Gasteiger partial charge is 0.493 e. The number of nitrogens with one attached hydrogen (secondary N) is 1. The third kappa shape index (κ3) is 3.15. The van der Waals surface area contributed by atoms with Crippen molar-refractivity contribution in [3.8, 4) is 34.1 Å². The summed E-state index contributed by atoms with van der Waals surface area (Å²) >= 11 is 0. The topological polar surface area (TPSA) is 78.4 Å². The van der Waals surface area contributed by atoms with Gasteiger partial charge in [-0.1, -0.05) is 0 Å². The van der Waals surface area contributed by atoms with Gasteiger partial charge in [0, 0.05) is 41.7 Å². The van der Waals surface area contributed by atoms with Gasteiger partial charge in [0.25, 0.3) is 5.56 Å². The second-order valence-corrected chi connectivity index (χ2v) is 5.68. The molecule has 2 heterocycles. The summed E-state index contributed by atoms with van der Waals surface area (Å²) in [5.74, 6) is 1.51. The van der Waals surface area contributed by atoms with E-state index in [-0.39, 0.29) is 5.56 Å². The van der Waals surface area contributed by atoms with E-state index in [4.69, 9.17) is 14.2 Å². The molecule has 0 atom stereocenters. The third-order valence-electron chi connectivity index (χ3n) is 4.08. The molecule has 1 N–H and O–H groups in total. The Balaban J connectivity index is 2.20. The molecule has 3 aromatic rings. The zero-order valence-corrected chi connectivity index (χ0v) is 15.2. The van der Waals surface area contributed by atoms with Crippen LogP contribution in [-0.2, 0) is 0 Å². The number of H-pyrrole nitrogens is 1. The maximum atomic E-state index is 12.6. The van der Waals surface area contributed by atoms with Gasteiger partial charge in [0.2, 0.25) is 5.75 Å². The van der Waals surface area contributed by atoms with Crippen LogP contribution in [0.25, 0.3) is 16.8 Å². The average molecular weight is 355 g/mol. The van der Waals surface area contributed by atoms with Crippen molar-refractivity contribution in [1.29, 1.82) is 0 Å². The van der Waals surface area contributed by atoms with E-state index in [1.165, 1.54) is 0 Å². The number of pyridine rings is 1. The van der Waals surface area contributed by atoms with Crippen LogP contribution in [0.3, 0.4) is 0 Å². The van der Waals surface area contributed by atoms with Crippen molar-refractivity contribution in [1.82, 2.24) is 14.8 Å². The van der Waals surface area contributed by atoms with Crippen molar-refractivity contribution in [3.05, 3.63) is 52.7 Å². The summed E-state index contributed by atoms with van der Waals surface area (Å²) in [5.41, 5.74) is 3.16. The molecule has 0 fully saturated rings. The second kappa shape index (κ2) is 7.35. The molecule has 2 aromatic heterocycles. The maximum absolute atomic E-state index is 12.6. The first-order chi connectivity index (χ1) is 12.6. The number of benzene rings is 1. The Labute approximate surface area is 151 Å². The van der Waals surface area contributed by atoms with Crippen LogP contribution in [0.4, 0.5) is 0 Å². The Hall–Kier alpha value is -3.22. The molecule has 1 aromatic carbocycles. The third-order valence-corrected chi connectivity index (χ3v) is 4.08. The molecule has 0 amide bonds. The maximum Gasteiger partial charge on any atom is 0.255 e. The highest BCUT2D eigenvalue weighted by atomic mass is 16.5. The van der Waals surface area contributed by atoms with Crippen LogP contribution >= 0.6 is 0 Å². The van der Waals surface area contributed by atoms with Crippen LogP contribution in [0.2, 0.25) is 0 Å². The predicted octanol–water partition coefficient (Wildman–Crippen LogP) is 2.95. The van der Waals surface area contributed by atoms with Gasteiger partial charge >= 0.3 is 0 Å². The van der Waals surface area contributed by atoms with Gasteiger partial charge in [0.15, 0.2) is 11.5 Å². The standard InChI is InChI=1S/C19H21N3O4/c1-5-26-19-16(24-3)7-14(8-17(19)25-4)22-11-15(12(2)6-18(22)23)13-9-20-21-10-13/h6-11H,5H2,1-4H3,(H,20,21). The van der Waals surface area contributed by atoms with E-state index >= 15 is 0 Å². The van der Waals surface area contributed by atoms with Crippen LogP contribution in [-0.4, -0.2) is 35.6 Å². The lowest BCUT2D eigenvalue weighted by Crippen LogP contribution is -2.18. The molecule has 136 valence electrons. The number of hydrogen-bond acceptors (Lipinski definition) is 5. The number of aromatic nitrogens is 3. The fraction of sp³-hybridized carbons (Fsp3) is 0.263. The number of aryl methyl sites for hydroxylation is 1. The number of methoxy groups -OCH3 is 2. The fourth-order valence-electron chi connectivity index (χ4n) is 2.82. The summed E-state index contributed by atoms with van der Waals surface area (Å²) in [5, 5.41) is 6.78. The number of aromatic amines is 1. The number of nitrogens with zero attached hydrogens (tertiary/aromatic N) is 2. The lowest BCUT2D eigenvalue weighted by atomic mass is 10.1. The Morgan fingerprint density at radius 2 is 1.85 bits per heavy atom. The van der Waals surface area contributed by atoms with Crippen molar-refractivity contribution in [3.63, 3.8) is 0 Å². The van der Waals surface area contributed by atoms with E-state index in [2.05, 4.69) is 10.2 Å². The van der Waals surface area contributed by atoms with E-state index in [9.17, 15) is 4.79 Å². The molecular weight excluding hydrogens is 334 g/mol. The van der Waals surface area contributed by atoms with E-state index in [0.29, 0.717) is 29.5 Å². The van der Waals surface area contributed by atoms with Gasteiger partial charge in [-0.3, -0.25) is 14.5 Å². The minimum Gasteiger partial charge on any atom is -0.493 e. The quantitative estimate of drug-likeness (QED) is 0.735. The van der Waals surface area contributed by atoms with Crippen LogP contribution < -0.4 is 19.8 Å². The lowest BCUT2D eigenvalue weighted by molar-refractivity contribution is 0.288. The first-order valence-electron chi connectivity index (χ1n) is 8.20. The van der Waals surface area contributed by atoms with Crippen LogP contribution in [0.1, 0.15) is 12.5 Å². The molecule has 26 heavy (non-hydrogen) atoms. The lowest BCUT2D eigenvalue weighted by Gasteiger charge is -2.17. The predicted molar refractivity (Wildman–Crippen MR) is 98.6 cm³/mol. The molecule has 0 bridgehead atoms. The van der Waals surface area contributed by atoms with Crippen LogP contribution in [0.5, 0.6) is 17.2 Å². The SMILES string of the molecule is CCOc1c(OC)cc(-n2cc(-c3cn[nH]c3)c(C)cc2=O)cc1OC. The highest BCUT2D eigenvalue weighted by Crippen LogP contribution is 2.39. The van der Waals surface area contributed by atoms with Gasteiger partial charge in [-0.25, -0.2) is 0 Å². The Morgan fingerprint density at radius 1 is 1.15 bits per heavy atom. The van der Waals surface area contributed by atoms with Crippen LogP contribution in [0, 0.1) is 6.92 Å². The summed E-state index contributed by atoms with van der Waals surface area (Å²) in [7, 11) is 3.10. The normalized spacial score (nSPS) is 10.6. The molecule has 7 heteroatoms.